The van der Waals surface area contributed by atoms with E-state index in [2.05, 4.69) is 15.6 Å². The molecule has 0 radical (unpaired) electrons. The van der Waals surface area contributed by atoms with Crippen molar-refractivity contribution in [2.45, 2.75) is 33.1 Å². The third-order valence-corrected chi connectivity index (χ3v) is 4.42. The van der Waals surface area contributed by atoms with Gasteiger partial charge in [0.15, 0.2) is 0 Å². The highest BCUT2D eigenvalue weighted by molar-refractivity contribution is 6.44. The fraction of sp³-hybridized carbons (Fsp3) is 0.368. The van der Waals surface area contributed by atoms with E-state index in [1.54, 1.807) is 45.0 Å². The first-order chi connectivity index (χ1) is 13.6. The van der Waals surface area contributed by atoms with Gasteiger partial charge < -0.3 is 20.6 Å². The van der Waals surface area contributed by atoms with Gasteiger partial charge >= 0.3 is 18.8 Å². The summed E-state index contributed by atoms with van der Waals surface area (Å²) < 4.78 is 0.428. The van der Waals surface area contributed by atoms with Crippen molar-refractivity contribution in [3.8, 4) is 0 Å². The zero-order chi connectivity index (χ0) is 21.6. The standard InChI is InChI=1S/C19H25BN4O5/c1-19(2,3)18(20(27)28)23-17(26)14(11-13-7-5-4-6-8-13)16(25)22-15-12-21-9-10-24(15)29/h4-10,12,14,18,27-28H,11H2,1-3H3,(H,22,25)(H,23,26)/t14?,18-/m0/s1. The number of nitrogens with one attached hydrogen (secondary N) is 2. The average Bonchev–Trinajstić information content (AvgIpc) is 2.65. The van der Waals surface area contributed by atoms with E-state index in [4.69, 9.17) is 0 Å². The average molecular weight is 400 g/mol. The molecule has 1 aromatic carbocycles. The van der Waals surface area contributed by atoms with Crippen molar-refractivity contribution in [1.29, 1.82) is 0 Å². The van der Waals surface area contributed by atoms with Crippen LogP contribution in [-0.4, -0.2) is 39.9 Å². The van der Waals surface area contributed by atoms with Crippen LogP contribution in [0.25, 0.3) is 0 Å². The van der Waals surface area contributed by atoms with E-state index in [9.17, 15) is 24.8 Å². The first-order valence-electron chi connectivity index (χ1n) is 9.14. The second-order valence-corrected chi connectivity index (χ2v) is 7.78. The van der Waals surface area contributed by atoms with Crippen molar-refractivity contribution < 1.29 is 24.4 Å². The van der Waals surface area contributed by atoms with Crippen LogP contribution in [0.4, 0.5) is 5.82 Å². The number of carbonyl (C=O) groups is 2. The molecule has 0 fully saturated rings. The third kappa shape index (κ3) is 6.26. The van der Waals surface area contributed by atoms with E-state index in [-0.39, 0.29) is 12.2 Å². The van der Waals surface area contributed by atoms with E-state index in [0.717, 1.165) is 11.8 Å². The molecule has 1 unspecified atom stereocenters. The van der Waals surface area contributed by atoms with Gasteiger partial charge in [-0.3, -0.25) is 9.78 Å². The molecule has 10 heteroatoms. The molecule has 0 spiro atoms. The zero-order valence-electron chi connectivity index (χ0n) is 16.6. The number of hydrogen-bond acceptors (Lipinski definition) is 6. The third-order valence-electron chi connectivity index (χ3n) is 4.42. The maximum Gasteiger partial charge on any atom is 0.476 e. The Bertz CT molecular complexity index is 842. The van der Waals surface area contributed by atoms with Crippen molar-refractivity contribution in [2.75, 3.05) is 5.32 Å². The molecule has 0 bridgehead atoms. The largest absolute Gasteiger partial charge is 0.711 e. The summed E-state index contributed by atoms with van der Waals surface area (Å²) in [5.41, 5.74) is 0.0692. The van der Waals surface area contributed by atoms with Crippen LogP contribution in [-0.2, 0) is 16.0 Å². The number of benzene rings is 1. The number of nitrogens with zero attached hydrogens (tertiary/aromatic N) is 2. The van der Waals surface area contributed by atoms with Crippen LogP contribution in [0.15, 0.2) is 48.9 Å². The molecule has 2 atom stereocenters. The number of hydrogen-bond donors (Lipinski definition) is 4. The van der Waals surface area contributed by atoms with Gasteiger partial charge in [0.05, 0.1) is 12.1 Å². The second kappa shape index (κ2) is 9.48. The van der Waals surface area contributed by atoms with Crippen molar-refractivity contribution in [1.82, 2.24) is 10.3 Å². The minimum atomic E-state index is -1.80. The molecular weight excluding hydrogens is 375 g/mol. The highest BCUT2D eigenvalue weighted by Gasteiger charge is 2.39. The van der Waals surface area contributed by atoms with Gasteiger partial charge in [0.1, 0.15) is 18.3 Å². The molecule has 0 aliphatic rings. The smallest absolute Gasteiger partial charge is 0.476 e. The van der Waals surface area contributed by atoms with E-state index in [0.29, 0.717) is 4.73 Å². The summed E-state index contributed by atoms with van der Waals surface area (Å²) in [5, 5.41) is 36.1. The van der Waals surface area contributed by atoms with Crippen molar-refractivity contribution in [3.05, 3.63) is 59.7 Å². The Morgan fingerprint density at radius 3 is 2.41 bits per heavy atom. The van der Waals surface area contributed by atoms with Gasteiger partial charge in [-0.1, -0.05) is 51.1 Å². The number of anilines is 1. The predicted molar refractivity (Wildman–Crippen MR) is 107 cm³/mol. The van der Waals surface area contributed by atoms with Gasteiger partial charge in [0, 0.05) is 0 Å². The minimum absolute atomic E-state index is 0.0655. The molecule has 2 amide bonds. The van der Waals surface area contributed by atoms with Gasteiger partial charge in [0.2, 0.25) is 5.91 Å². The molecule has 2 aromatic rings. The van der Waals surface area contributed by atoms with Gasteiger partial charge in [0.25, 0.3) is 0 Å². The quantitative estimate of drug-likeness (QED) is 0.224. The highest BCUT2D eigenvalue weighted by Crippen LogP contribution is 2.21. The molecular formula is C19H25BN4O5. The van der Waals surface area contributed by atoms with Crippen molar-refractivity contribution in [3.63, 3.8) is 0 Å². The summed E-state index contributed by atoms with van der Waals surface area (Å²) in [6, 6.07) is 8.92. The Morgan fingerprint density at radius 2 is 1.86 bits per heavy atom. The molecule has 0 saturated carbocycles. The topological polar surface area (TPSA) is 138 Å². The Hall–Kier alpha value is -2.98. The molecule has 0 aliphatic heterocycles. The Labute approximate surface area is 169 Å². The monoisotopic (exact) mass is 400 g/mol. The molecule has 1 heterocycles. The molecule has 0 saturated heterocycles. The van der Waals surface area contributed by atoms with E-state index in [1.807, 2.05) is 6.07 Å². The maximum atomic E-state index is 12.9. The van der Waals surface area contributed by atoms with Gasteiger partial charge in [-0.2, -0.15) is 0 Å². The highest BCUT2D eigenvalue weighted by atomic mass is 16.5. The number of aromatic nitrogens is 2. The van der Waals surface area contributed by atoms with Crippen LogP contribution in [0.3, 0.4) is 0 Å². The van der Waals surface area contributed by atoms with Crippen LogP contribution in [0.2, 0.25) is 0 Å². The van der Waals surface area contributed by atoms with Crippen LogP contribution >= 0.6 is 0 Å². The summed E-state index contributed by atoms with van der Waals surface area (Å²) in [5.74, 6) is -3.70. The van der Waals surface area contributed by atoms with E-state index >= 15 is 0 Å². The molecule has 0 aliphatic carbocycles. The van der Waals surface area contributed by atoms with E-state index in [1.165, 1.54) is 12.4 Å². The molecule has 29 heavy (non-hydrogen) atoms. The SMILES string of the molecule is CC(C)(C)[C@H](NC(=O)C(Cc1ccccc1)C(=O)Nc1cncc[n+]1[O-])B(O)O. The lowest BCUT2D eigenvalue weighted by Crippen LogP contribution is -2.56. The number of rotatable bonds is 7. The lowest BCUT2D eigenvalue weighted by Gasteiger charge is -2.31. The van der Waals surface area contributed by atoms with Gasteiger partial charge in [-0.05, 0) is 17.4 Å². The molecule has 1 aromatic heterocycles. The number of amides is 2. The maximum absolute atomic E-state index is 12.9. The predicted octanol–water partition coefficient (Wildman–Crippen LogP) is 0.0553. The van der Waals surface area contributed by atoms with Crippen LogP contribution < -0.4 is 15.4 Å². The fourth-order valence-corrected chi connectivity index (χ4v) is 2.80. The molecule has 4 N–H and O–H groups in total. The first-order valence-corrected chi connectivity index (χ1v) is 9.14. The van der Waals surface area contributed by atoms with Crippen LogP contribution in [0.5, 0.6) is 0 Å². The van der Waals surface area contributed by atoms with E-state index < -0.39 is 36.2 Å². The summed E-state index contributed by atoms with van der Waals surface area (Å²) in [7, 11) is -1.80. The second-order valence-electron chi connectivity index (χ2n) is 7.78. The normalized spacial score (nSPS) is 13.3. The Morgan fingerprint density at radius 1 is 1.21 bits per heavy atom. The number of carbonyl (C=O) groups excluding carboxylic acids is 2. The summed E-state index contributed by atoms with van der Waals surface area (Å²) in [6.45, 7) is 5.21. The molecule has 154 valence electrons. The summed E-state index contributed by atoms with van der Waals surface area (Å²) in [6.07, 6.45) is 3.64. The lowest BCUT2D eigenvalue weighted by atomic mass is 9.65. The summed E-state index contributed by atoms with van der Waals surface area (Å²) >= 11 is 0. The Balaban J connectivity index is 2.27. The molecule has 9 nitrogen and oxygen atoms in total. The van der Waals surface area contributed by atoms with Gasteiger partial charge in [-0.25, -0.2) is 14.8 Å². The van der Waals surface area contributed by atoms with Crippen molar-refractivity contribution >= 4 is 24.8 Å². The summed E-state index contributed by atoms with van der Waals surface area (Å²) in [4.78, 5) is 29.6. The minimum Gasteiger partial charge on any atom is -0.711 e. The van der Waals surface area contributed by atoms with Crippen LogP contribution in [0.1, 0.15) is 26.3 Å². The molecule has 2 rings (SSSR count). The zero-order valence-corrected chi connectivity index (χ0v) is 16.6. The van der Waals surface area contributed by atoms with Crippen molar-refractivity contribution in [2.24, 2.45) is 11.3 Å². The lowest BCUT2D eigenvalue weighted by molar-refractivity contribution is -0.590. The fourth-order valence-electron chi connectivity index (χ4n) is 2.80. The first kappa shape index (κ1) is 22.3. The van der Waals surface area contributed by atoms with Crippen LogP contribution in [0, 0.1) is 16.5 Å². The van der Waals surface area contributed by atoms with Gasteiger partial charge in [-0.15, -0.1) is 0 Å². The Kier molecular flexibility index (Phi) is 7.30.